The number of nitrogens with one attached hydrogen (secondary N) is 2. The van der Waals surface area contributed by atoms with Crippen LogP contribution in [0.5, 0.6) is 0 Å². The molecule has 10 heteroatoms. The molecule has 140 valence electrons. The second-order valence-electron chi connectivity index (χ2n) is 6.22. The van der Waals surface area contributed by atoms with E-state index >= 15 is 0 Å². The largest absolute Gasteiger partial charge is 0.334 e. The number of hydroxylamine groups is 1. The molecular formula is C16H21N4O4S2+. The zero-order chi connectivity index (χ0) is 18.9. The van der Waals surface area contributed by atoms with Crippen LogP contribution < -0.4 is 15.4 Å². The maximum absolute atomic E-state index is 12.9. The standard InChI is InChI=1S/C16H20N4O4S2/c1-11-7-12(2)9-13(8-11)26(23,24)20-5-3-19(4-6-20)16-17-10-14(25-16)15(21)18-22/h7-10,22H,3-6H2,1-2H3,(H,18,21)/p+1. The predicted octanol–water partition coefficient (Wildman–Crippen LogP) is 0.809. The number of aromatic nitrogens is 1. The monoisotopic (exact) mass is 397 g/mol. The SMILES string of the molecule is Cc1cc(C)cc(S(=O)(=O)N2CCN(c3[nH+]cc(C(=O)NO)s3)CC2)c1. The number of benzene rings is 1. The van der Waals surface area contributed by atoms with Crippen molar-refractivity contribution in [3.05, 3.63) is 40.4 Å². The molecule has 1 aliphatic rings. The molecule has 2 heterocycles. The minimum Gasteiger partial charge on any atom is -0.288 e. The first-order valence-corrected chi connectivity index (χ1v) is 10.4. The molecule has 3 rings (SSSR count). The number of H-pyrrole nitrogens is 1. The molecule has 0 bridgehead atoms. The fraction of sp³-hybridized carbons (Fsp3) is 0.375. The highest BCUT2D eigenvalue weighted by atomic mass is 32.2. The zero-order valence-electron chi connectivity index (χ0n) is 14.5. The Kier molecular flexibility index (Phi) is 5.28. The number of nitrogens with zero attached hydrogens (tertiary/aromatic N) is 2. The number of hydrogen-bond acceptors (Lipinski definition) is 6. The minimum absolute atomic E-state index is 0.327. The number of aromatic amines is 1. The Morgan fingerprint density at radius 3 is 2.35 bits per heavy atom. The van der Waals surface area contributed by atoms with E-state index in [1.807, 2.05) is 24.8 Å². The van der Waals surface area contributed by atoms with E-state index in [-0.39, 0.29) is 0 Å². The van der Waals surface area contributed by atoms with E-state index < -0.39 is 15.9 Å². The molecule has 0 spiro atoms. The number of amides is 1. The van der Waals surface area contributed by atoms with Crippen LogP contribution in [-0.4, -0.2) is 50.0 Å². The van der Waals surface area contributed by atoms with Gasteiger partial charge >= 0.3 is 5.13 Å². The third kappa shape index (κ3) is 3.73. The van der Waals surface area contributed by atoms with Crippen molar-refractivity contribution in [3.8, 4) is 0 Å². The fourth-order valence-electron chi connectivity index (χ4n) is 2.98. The molecule has 0 saturated carbocycles. The fourth-order valence-corrected chi connectivity index (χ4v) is 5.48. The lowest BCUT2D eigenvalue weighted by Gasteiger charge is -2.29. The van der Waals surface area contributed by atoms with Crippen molar-refractivity contribution in [3.63, 3.8) is 0 Å². The maximum Gasteiger partial charge on any atom is 0.334 e. The van der Waals surface area contributed by atoms with Crippen LogP contribution in [0.3, 0.4) is 0 Å². The molecule has 0 aliphatic carbocycles. The normalized spacial score (nSPS) is 15.9. The number of thiazole rings is 1. The minimum atomic E-state index is -3.52. The first-order valence-electron chi connectivity index (χ1n) is 8.10. The molecule has 1 aliphatic heterocycles. The van der Waals surface area contributed by atoms with Crippen molar-refractivity contribution in [2.45, 2.75) is 18.7 Å². The van der Waals surface area contributed by atoms with Crippen molar-refractivity contribution in [1.82, 2.24) is 9.79 Å². The van der Waals surface area contributed by atoms with Crippen LogP contribution in [0.1, 0.15) is 20.8 Å². The Morgan fingerprint density at radius 2 is 1.77 bits per heavy atom. The lowest BCUT2D eigenvalue weighted by molar-refractivity contribution is -0.357. The lowest BCUT2D eigenvalue weighted by atomic mass is 10.2. The van der Waals surface area contributed by atoms with Gasteiger partial charge in [-0.3, -0.25) is 10.0 Å². The van der Waals surface area contributed by atoms with Crippen molar-refractivity contribution >= 4 is 32.4 Å². The van der Waals surface area contributed by atoms with Crippen molar-refractivity contribution < 1.29 is 23.4 Å². The Labute approximate surface area is 156 Å². The number of piperazine rings is 1. The molecule has 0 atom stereocenters. The van der Waals surface area contributed by atoms with Gasteiger partial charge < -0.3 is 0 Å². The smallest absolute Gasteiger partial charge is 0.288 e. The van der Waals surface area contributed by atoms with Crippen LogP contribution in [0.25, 0.3) is 0 Å². The van der Waals surface area contributed by atoms with E-state index in [9.17, 15) is 13.2 Å². The summed E-state index contributed by atoms with van der Waals surface area (Å²) in [7, 11) is -3.52. The van der Waals surface area contributed by atoms with Crippen LogP contribution in [0, 0.1) is 13.8 Å². The lowest BCUT2D eigenvalue weighted by Crippen LogP contribution is -2.49. The number of anilines is 1. The van der Waals surface area contributed by atoms with Crippen LogP contribution in [0.4, 0.5) is 5.13 Å². The van der Waals surface area contributed by atoms with E-state index in [0.29, 0.717) is 36.0 Å². The third-order valence-electron chi connectivity index (χ3n) is 4.22. The van der Waals surface area contributed by atoms with Gasteiger partial charge in [0.05, 0.1) is 18.0 Å². The highest BCUT2D eigenvalue weighted by molar-refractivity contribution is 7.89. The molecule has 1 fully saturated rings. The molecule has 1 amide bonds. The zero-order valence-corrected chi connectivity index (χ0v) is 16.2. The van der Waals surface area contributed by atoms with E-state index in [2.05, 4.69) is 4.98 Å². The average molecular weight is 398 g/mol. The van der Waals surface area contributed by atoms with Gasteiger partial charge in [0.15, 0.2) is 0 Å². The number of aryl methyl sites for hydroxylation is 2. The summed E-state index contributed by atoms with van der Waals surface area (Å²) in [6.45, 7) is 5.53. The van der Waals surface area contributed by atoms with Gasteiger partial charge in [-0.2, -0.15) is 4.31 Å². The number of hydrogen-bond donors (Lipinski definition) is 2. The number of rotatable bonds is 4. The molecule has 1 aromatic carbocycles. The third-order valence-corrected chi connectivity index (χ3v) is 7.19. The second-order valence-corrected chi connectivity index (χ2v) is 9.18. The molecule has 1 aromatic heterocycles. The van der Waals surface area contributed by atoms with Gasteiger partial charge in [-0.1, -0.05) is 6.07 Å². The van der Waals surface area contributed by atoms with Crippen molar-refractivity contribution in [1.29, 1.82) is 0 Å². The Bertz CT molecular complexity index is 898. The highest BCUT2D eigenvalue weighted by Gasteiger charge is 2.33. The number of sulfonamides is 1. The first kappa shape index (κ1) is 18.8. The molecule has 26 heavy (non-hydrogen) atoms. The van der Waals surface area contributed by atoms with Crippen LogP contribution in [0.2, 0.25) is 0 Å². The molecule has 0 unspecified atom stereocenters. The van der Waals surface area contributed by atoms with Gasteiger partial charge in [-0.05, 0) is 48.4 Å². The van der Waals surface area contributed by atoms with Gasteiger partial charge in [0, 0.05) is 0 Å². The van der Waals surface area contributed by atoms with Gasteiger partial charge in [-0.15, -0.1) is 0 Å². The van der Waals surface area contributed by atoms with Crippen LogP contribution in [-0.2, 0) is 10.0 Å². The highest BCUT2D eigenvalue weighted by Crippen LogP contribution is 2.24. The molecule has 3 N–H and O–H groups in total. The maximum atomic E-state index is 12.9. The molecule has 0 radical (unpaired) electrons. The summed E-state index contributed by atoms with van der Waals surface area (Å²) >= 11 is 1.21. The first-order chi connectivity index (χ1) is 12.3. The summed E-state index contributed by atoms with van der Waals surface area (Å²) in [5.74, 6) is -0.575. The average Bonchev–Trinajstić information content (AvgIpc) is 3.10. The predicted molar refractivity (Wildman–Crippen MR) is 97.0 cm³/mol. The van der Waals surface area contributed by atoms with E-state index in [4.69, 9.17) is 5.21 Å². The summed E-state index contributed by atoms with van der Waals surface area (Å²) in [5, 5.41) is 9.44. The number of carbonyl (C=O) groups is 1. The van der Waals surface area contributed by atoms with Crippen LogP contribution >= 0.6 is 11.3 Å². The Hall–Kier alpha value is -2.01. The molecular weight excluding hydrogens is 376 g/mol. The molecule has 2 aromatic rings. The van der Waals surface area contributed by atoms with Gasteiger partial charge in [0.1, 0.15) is 24.2 Å². The summed E-state index contributed by atoms with van der Waals surface area (Å²) in [5.41, 5.74) is 3.44. The Balaban J connectivity index is 1.71. The van der Waals surface area contributed by atoms with Gasteiger partial charge in [0.25, 0.3) is 5.91 Å². The van der Waals surface area contributed by atoms with E-state index in [1.54, 1.807) is 17.6 Å². The molecule has 1 saturated heterocycles. The second kappa shape index (κ2) is 7.31. The quantitative estimate of drug-likeness (QED) is 0.587. The summed E-state index contributed by atoms with van der Waals surface area (Å²) in [4.78, 5) is 17.1. The van der Waals surface area contributed by atoms with Gasteiger partial charge in [-0.25, -0.2) is 23.8 Å². The molecule has 8 nitrogen and oxygen atoms in total. The van der Waals surface area contributed by atoms with Crippen molar-refractivity contribution in [2.24, 2.45) is 0 Å². The van der Waals surface area contributed by atoms with Gasteiger partial charge in [0.2, 0.25) is 10.0 Å². The topological polar surface area (TPSA) is 104 Å². The van der Waals surface area contributed by atoms with E-state index in [0.717, 1.165) is 16.3 Å². The van der Waals surface area contributed by atoms with Crippen molar-refractivity contribution in [2.75, 3.05) is 31.1 Å². The summed E-state index contributed by atoms with van der Waals surface area (Å²) < 4.78 is 27.3. The van der Waals surface area contributed by atoms with Crippen LogP contribution in [0.15, 0.2) is 29.3 Å². The van der Waals surface area contributed by atoms with E-state index in [1.165, 1.54) is 21.8 Å². The summed E-state index contributed by atoms with van der Waals surface area (Å²) in [6.07, 6.45) is 1.52. The Morgan fingerprint density at radius 1 is 1.15 bits per heavy atom. The summed E-state index contributed by atoms with van der Waals surface area (Å²) in [6, 6.07) is 5.34. The number of carbonyl (C=O) groups excluding carboxylic acids is 1.